The summed E-state index contributed by atoms with van der Waals surface area (Å²) >= 11 is 0. The topological polar surface area (TPSA) is 21.1 Å². The first-order chi connectivity index (χ1) is 6.13. The first-order valence-corrected chi connectivity index (χ1v) is 4.79. The summed E-state index contributed by atoms with van der Waals surface area (Å²) < 4.78 is 2.06. The van der Waals surface area contributed by atoms with Crippen LogP contribution in [0.4, 0.5) is 0 Å². The summed E-state index contributed by atoms with van der Waals surface area (Å²) in [7, 11) is 4.19. The fraction of sp³-hybridized carbons (Fsp3) is 0.700. The maximum Gasteiger partial charge on any atom is 0.0643 e. The molecule has 0 aliphatic rings. The van der Waals surface area contributed by atoms with E-state index in [0.717, 1.165) is 13.0 Å². The molecule has 0 fully saturated rings. The monoisotopic (exact) mass is 181 g/mol. The van der Waals surface area contributed by atoms with E-state index in [9.17, 15) is 0 Å². The second-order valence-corrected chi connectivity index (χ2v) is 3.82. The van der Waals surface area contributed by atoms with Crippen molar-refractivity contribution in [2.45, 2.75) is 26.3 Å². The molecule has 1 heterocycles. The van der Waals surface area contributed by atoms with Crippen molar-refractivity contribution in [3.63, 3.8) is 0 Å². The van der Waals surface area contributed by atoms with Gasteiger partial charge in [0.05, 0.1) is 12.2 Å². The van der Waals surface area contributed by atoms with Crippen LogP contribution in [0.1, 0.15) is 24.9 Å². The zero-order chi connectivity index (χ0) is 9.84. The summed E-state index contributed by atoms with van der Waals surface area (Å²) in [5, 5.41) is 4.33. The summed E-state index contributed by atoms with van der Waals surface area (Å²) in [4.78, 5) is 2.20. The Labute approximate surface area is 80.4 Å². The Morgan fingerprint density at radius 3 is 2.62 bits per heavy atom. The molecule has 74 valence electrons. The van der Waals surface area contributed by atoms with Crippen molar-refractivity contribution < 1.29 is 0 Å². The summed E-state index contributed by atoms with van der Waals surface area (Å²) in [6.45, 7) is 5.33. The van der Waals surface area contributed by atoms with Crippen LogP contribution in [0.2, 0.25) is 0 Å². The molecule has 0 radical (unpaired) electrons. The molecular weight excluding hydrogens is 162 g/mol. The van der Waals surface area contributed by atoms with Gasteiger partial charge in [-0.15, -0.1) is 0 Å². The van der Waals surface area contributed by atoms with Crippen molar-refractivity contribution in [3.05, 3.63) is 18.0 Å². The molecule has 0 aliphatic heterocycles. The molecule has 1 unspecified atom stereocenters. The van der Waals surface area contributed by atoms with Gasteiger partial charge in [-0.2, -0.15) is 5.10 Å². The van der Waals surface area contributed by atoms with Crippen molar-refractivity contribution in [1.29, 1.82) is 0 Å². The minimum atomic E-state index is 0.503. The van der Waals surface area contributed by atoms with E-state index < -0.39 is 0 Å². The Kier molecular flexibility index (Phi) is 3.48. The Bertz CT molecular complexity index is 252. The molecular formula is C10H19N3. The normalized spacial score (nSPS) is 13.6. The van der Waals surface area contributed by atoms with Crippen LogP contribution >= 0.6 is 0 Å². The molecule has 0 N–H and O–H groups in total. The van der Waals surface area contributed by atoms with Gasteiger partial charge in [0.15, 0.2) is 0 Å². The van der Waals surface area contributed by atoms with Gasteiger partial charge in [-0.1, -0.05) is 6.92 Å². The lowest BCUT2D eigenvalue weighted by Gasteiger charge is -2.19. The molecule has 1 aromatic rings. The molecule has 1 atom stereocenters. The number of hydrogen-bond donors (Lipinski definition) is 0. The summed E-state index contributed by atoms with van der Waals surface area (Å²) in [5.74, 6) is 0. The van der Waals surface area contributed by atoms with Crippen LogP contribution in [-0.4, -0.2) is 35.3 Å². The van der Waals surface area contributed by atoms with Crippen molar-refractivity contribution >= 4 is 0 Å². The molecule has 0 aromatic carbocycles. The molecule has 0 aliphatic carbocycles. The van der Waals surface area contributed by atoms with Gasteiger partial charge in [0.1, 0.15) is 0 Å². The maximum absolute atomic E-state index is 4.33. The van der Waals surface area contributed by atoms with Crippen LogP contribution in [0.3, 0.4) is 0 Å². The lowest BCUT2D eigenvalue weighted by atomic mass is 10.2. The highest BCUT2D eigenvalue weighted by molar-refractivity contribution is 5.00. The summed E-state index contributed by atoms with van der Waals surface area (Å²) in [6, 6.07) is 0.503. The zero-order valence-corrected chi connectivity index (χ0v) is 8.99. The largest absolute Gasteiger partial charge is 0.307 e. The lowest BCUT2D eigenvalue weighted by molar-refractivity contribution is 0.300. The predicted molar refractivity (Wildman–Crippen MR) is 54.8 cm³/mol. The average Bonchev–Trinajstić information content (AvgIpc) is 2.47. The van der Waals surface area contributed by atoms with Crippen LogP contribution in [0.25, 0.3) is 0 Å². The van der Waals surface area contributed by atoms with E-state index in [1.165, 1.54) is 5.56 Å². The highest BCUT2D eigenvalue weighted by atomic mass is 15.3. The first kappa shape index (κ1) is 10.3. The van der Waals surface area contributed by atoms with Crippen molar-refractivity contribution in [3.8, 4) is 0 Å². The van der Waals surface area contributed by atoms with Crippen LogP contribution in [-0.2, 0) is 0 Å². The zero-order valence-electron chi connectivity index (χ0n) is 8.99. The molecule has 13 heavy (non-hydrogen) atoms. The van der Waals surface area contributed by atoms with E-state index >= 15 is 0 Å². The maximum atomic E-state index is 4.33. The standard InChI is InChI=1S/C10H19N3/c1-5-10(8-12(3)4)13-7-9(2)6-11-13/h6-7,10H,5,8H2,1-4H3. The molecule has 0 bridgehead atoms. The van der Waals surface area contributed by atoms with Gasteiger partial charge in [0.25, 0.3) is 0 Å². The number of aryl methyl sites for hydroxylation is 1. The Morgan fingerprint density at radius 1 is 1.54 bits per heavy atom. The minimum Gasteiger partial charge on any atom is -0.307 e. The quantitative estimate of drug-likeness (QED) is 0.705. The van der Waals surface area contributed by atoms with E-state index in [-0.39, 0.29) is 0 Å². The van der Waals surface area contributed by atoms with E-state index in [2.05, 4.69) is 48.8 Å². The SMILES string of the molecule is CCC(CN(C)C)n1cc(C)cn1. The number of nitrogens with zero attached hydrogens (tertiary/aromatic N) is 3. The molecule has 1 aromatic heterocycles. The van der Waals surface area contributed by atoms with Gasteiger partial charge >= 0.3 is 0 Å². The Hall–Kier alpha value is -0.830. The smallest absolute Gasteiger partial charge is 0.0643 e. The number of hydrogen-bond acceptors (Lipinski definition) is 2. The van der Waals surface area contributed by atoms with Crippen LogP contribution in [0, 0.1) is 6.92 Å². The third-order valence-corrected chi connectivity index (χ3v) is 2.15. The first-order valence-electron chi connectivity index (χ1n) is 4.79. The third-order valence-electron chi connectivity index (χ3n) is 2.15. The Morgan fingerprint density at radius 2 is 2.23 bits per heavy atom. The highest BCUT2D eigenvalue weighted by Gasteiger charge is 2.09. The van der Waals surface area contributed by atoms with E-state index in [4.69, 9.17) is 0 Å². The van der Waals surface area contributed by atoms with Gasteiger partial charge in [-0.25, -0.2) is 0 Å². The summed E-state index contributed by atoms with van der Waals surface area (Å²) in [6.07, 6.45) is 5.15. The van der Waals surface area contributed by atoms with Gasteiger partial charge in [0, 0.05) is 12.7 Å². The molecule has 3 heteroatoms. The van der Waals surface area contributed by atoms with Crippen molar-refractivity contribution in [2.24, 2.45) is 0 Å². The molecule has 0 spiro atoms. The van der Waals surface area contributed by atoms with Gasteiger partial charge in [-0.3, -0.25) is 4.68 Å². The predicted octanol–water partition coefficient (Wildman–Crippen LogP) is 1.70. The molecule has 3 nitrogen and oxygen atoms in total. The van der Waals surface area contributed by atoms with Crippen LogP contribution < -0.4 is 0 Å². The number of rotatable bonds is 4. The van der Waals surface area contributed by atoms with E-state index in [1.54, 1.807) is 0 Å². The average molecular weight is 181 g/mol. The van der Waals surface area contributed by atoms with E-state index in [0.29, 0.717) is 6.04 Å². The number of likely N-dealkylation sites (N-methyl/N-ethyl adjacent to an activating group) is 1. The second-order valence-electron chi connectivity index (χ2n) is 3.82. The molecule has 0 saturated heterocycles. The highest BCUT2D eigenvalue weighted by Crippen LogP contribution is 2.11. The second kappa shape index (κ2) is 4.42. The van der Waals surface area contributed by atoms with E-state index in [1.807, 2.05) is 6.20 Å². The fourth-order valence-electron chi connectivity index (χ4n) is 1.45. The number of aromatic nitrogens is 2. The van der Waals surface area contributed by atoms with Gasteiger partial charge in [0.2, 0.25) is 0 Å². The summed E-state index contributed by atoms with van der Waals surface area (Å²) in [5.41, 5.74) is 1.23. The fourth-order valence-corrected chi connectivity index (χ4v) is 1.45. The molecule has 0 saturated carbocycles. The van der Waals surface area contributed by atoms with Crippen LogP contribution in [0.15, 0.2) is 12.4 Å². The third kappa shape index (κ3) is 2.84. The molecule has 1 rings (SSSR count). The van der Waals surface area contributed by atoms with Gasteiger partial charge in [-0.05, 0) is 33.0 Å². The molecule has 0 amide bonds. The van der Waals surface area contributed by atoms with Gasteiger partial charge < -0.3 is 4.90 Å². The lowest BCUT2D eigenvalue weighted by Crippen LogP contribution is -2.24. The van der Waals surface area contributed by atoms with Crippen LogP contribution in [0.5, 0.6) is 0 Å². The minimum absolute atomic E-state index is 0.503. The Balaban J connectivity index is 2.66. The van der Waals surface area contributed by atoms with Crippen molar-refractivity contribution in [2.75, 3.05) is 20.6 Å². The van der Waals surface area contributed by atoms with Crippen molar-refractivity contribution in [1.82, 2.24) is 14.7 Å².